The zero-order valence-corrected chi connectivity index (χ0v) is 17.2. The molecule has 0 spiro atoms. The number of oxazole rings is 1. The zero-order valence-electron chi connectivity index (χ0n) is 15.6. The molecule has 0 unspecified atom stereocenters. The SMILES string of the molecule is Clc1ccc(-c2nnc(SCc3nc4ccccc4o3)n2C[C@@H]2CCCO2)cc1. The average molecular weight is 427 g/mol. The molecule has 1 saturated heterocycles. The van der Waals surface area contributed by atoms with Crippen molar-refractivity contribution < 1.29 is 9.15 Å². The highest BCUT2D eigenvalue weighted by Gasteiger charge is 2.22. The van der Waals surface area contributed by atoms with E-state index in [4.69, 9.17) is 20.8 Å². The maximum Gasteiger partial charge on any atom is 0.205 e. The van der Waals surface area contributed by atoms with Crippen LogP contribution in [0.3, 0.4) is 0 Å². The Balaban J connectivity index is 1.42. The molecule has 0 aliphatic carbocycles. The first-order valence-electron chi connectivity index (χ1n) is 9.54. The number of halogens is 1. The predicted molar refractivity (Wildman–Crippen MR) is 113 cm³/mol. The number of benzene rings is 2. The maximum atomic E-state index is 6.05. The van der Waals surface area contributed by atoms with Crippen LogP contribution < -0.4 is 0 Å². The van der Waals surface area contributed by atoms with Gasteiger partial charge < -0.3 is 9.15 Å². The van der Waals surface area contributed by atoms with E-state index in [-0.39, 0.29) is 6.10 Å². The van der Waals surface area contributed by atoms with Crippen molar-refractivity contribution in [1.82, 2.24) is 19.7 Å². The van der Waals surface area contributed by atoms with Gasteiger partial charge in [-0.05, 0) is 49.2 Å². The highest BCUT2D eigenvalue weighted by atomic mass is 35.5. The molecule has 2 aromatic carbocycles. The summed E-state index contributed by atoms with van der Waals surface area (Å²) in [6.07, 6.45) is 2.32. The van der Waals surface area contributed by atoms with Gasteiger partial charge in [-0.1, -0.05) is 35.5 Å². The maximum absolute atomic E-state index is 6.05. The second kappa shape index (κ2) is 8.18. The number of hydrogen-bond donors (Lipinski definition) is 0. The van der Waals surface area contributed by atoms with Gasteiger partial charge in [-0.3, -0.25) is 4.57 Å². The summed E-state index contributed by atoms with van der Waals surface area (Å²) < 4.78 is 13.8. The number of aromatic nitrogens is 4. The Morgan fingerprint density at radius 3 is 2.76 bits per heavy atom. The van der Waals surface area contributed by atoms with Crippen molar-refractivity contribution in [2.45, 2.75) is 36.4 Å². The van der Waals surface area contributed by atoms with E-state index >= 15 is 0 Å². The van der Waals surface area contributed by atoms with Crippen molar-refractivity contribution in [3.8, 4) is 11.4 Å². The van der Waals surface area contributed by atoms with Gasteiger partial charge in [0.05, 0.1) is 18.4 Å². The summed E-state index contributed by atoms with van der Waals surface area (Å²) >= 11 is 7.62. The summed E-state index contributed by atoms with van der Waals surface area (Å²) in [6, 6.07) is 15.4. The van der Waals surface area contributed by atoms with Crippen LogP contribution in [0, 0.1) is 0 Å². The Labute approximate surface area is 177 Å². The molecule has 1 atom stereocenters. The van der Waals surface area contributed by atoms with Crippen LogP contribution in [0.1, 0.15) is 18.7 Å². The second-order valence-corrected chi connectivity index (χ2v) is 8.30. The molecule has 3 heterocycles. The van der Waals surface area contributed by atoms with Crippen molar-refractivity contribution in [3.63, 3.8) is 0 Å². The number of para-hydroxylation sites is 2. The minimum absolute atomic E-state index is 0.181. The van der Waals surface area contributed by atoms with E-state index < -0.39 is 0 Å². The van der Waals surface area contributed by atoms with E-state index in [0.29, 0.717) is 16.7 Å². The zero-order chi connectivity index (χ0) is 19.6. The molecular weight excluding hydrogens is 408 g/mol. The van der Waals surface area contributed by atoms with Crippen molar-refractivity contribution in [2.24, 2.45) is 0 Å². The third-order valence-corrected chi connectivity index (χ3v) is 6.10. The summed E-state index contributed by atoms with van der Waals surface area (Å²) in [5.74, 6) is 2.08. The van der Waals surface area contributed by atoms with Gasteiger partial charge in [0.1, 0.15) is 5.52 Å². The van der Waals surface area contributed by atoms with Crippen LogP contribution in [-0.2, 0) is 17.0 Å². The topological polar surface area (TPSA) is 66.0 Å². The minimum Gasteiger partial charge on any atom is -0.440 e. The highest BCUT2D eigenvalue weighted by Crippen LogP contribution is 2.29. The van der Waals surface area contributed by atoms with Crippen LogP contribution in [-0.4, -0.2) is 32.5 Å². The number of nitrogens with zero attached hydrogens (tertiary/aromatic N) is 4. The largest absolute Gasteiger partial charge is 0.440 e. The van der Waals surface area contributed by atoms with E-state index in [0.717, 1.165) is 53.6 Å². The van der Waals surface area contributed by atoms with E-state index in [1.165, 1.54) is 0 Å². The summed E-state index contributed by atoms with van der Waals surface area (Å²) in [4.78, 5) is 4.55. The van der Waals surface area contributed by atoms with Crippen LogP contribution in [0.4, 0.5) is 0 Å². The first-order chi connectivity index (χ1) is 14.3. The van der Waals surface area contributed by atoms with E-state index in [9.17, 15) is 0 Å². The molecule has 4 aromatic rings. The fraction of sp³-hybridized carbons (Fsp3) is 0.286. The molecule has 0 N–H and O–H groups in total. The molecule has 29 heavy (non-hydrogen) atoms. The third-order valence-electron chi connectivity index (χ3n) is 4.89. The molecule has 0 radical (unpaired) electrons. The first-order valence-corrected chi connectivity index (χ1v) is 10.9. The van der Waals surface area contributed by atoms with Gasteiger partial charge in [0.2, 0.25) is 5.89 Å². The number of thioether (sulfide) groups is 1. The molecule has 1 fully saturated rings. The summed E-state index contributed by atoms with van der Waals surface area (Å²) in [5.41, 5.74) is 2.64. The van der Waals surface area contributed by atoms with Crippen LogP contribution in [0.5, 0.6) is 0 Å². The highest BCUT2D eigenvalue weighted by molar-refractivity contribution is 7.98. The molecule has 1 aliphatic heterocycles. The lowest BCUT2D eigenvalue weighted by atomic mass is 10.2. The Bertz CT molecular complexity index is 1090. The third kappa shape index (κ3) is 4.03. The second-order valence-electron chi connectivity index (χ2n) is 6.92. The Morgan fingerprint density at radius 1 is 1.10 bits per heavy atom. The number of rotatable bonds is 6. The van der Waals surface area contributed by atoms with E-state index in [1.54, 1.807) is 11.8 Å². The molecule has 1 aliphatic rings. The quantitative estimate of drug-likeness (QED) is 0.394. The normalized spacial score (nSPS) is 16.7. The molecule has 5 rings (SSSR count). The molecule has 2 aromatic heterocycles. The lowest BCUT2D eigenvalue weighted by Crippen LogP contribution is -2.16. The smallest absolute Gasteiger partial charge is 0.205 e. The van der Waals surface area contributed by atoms with Crippen LogP contribution in [0.25, 0.3) is 22.5 Å². The standard InChI is InChI=1S/C21H19ClN4O2S/c22-15-9-7-14(8-10-15)20-24-25-21(26(20)12-16-4-3-11-27-16)29-13-19-23-17-5-1-2-6-18(17)28-19/h1-2,5-10,16H,3-4,11-13H2/t16-/m0/s1. The molecule has 6 nitrogen and oxygen atoms in total. The van der Waals surface area contributed by atoms with Crippen LogP contribution >= 0.6 is 23.4 Å². The Hall–Kier alpha value is -2.35. The Morgan fingerprint density at radius 2 is 1.97 bits per heavy atom. The van der Waals surface area contributed by atoms with E-state index in [2.05, 4.69) is 19.7 Å². The summed E-state index contributed by atoms with van der Waals surface area (Å²) in [7, 11) is 0. The van der Waals surface area contributed by atoms with Crippen LogP contribution in [0.2, 0.25) is 5.02 Å². The average Bonchev–Trinajstić information content (AvgIpc) is 3.47. The Kier molecular flexibility index (Phi) is 5.26. The molecule has 0 saturated carbocycles. The molecule has 0 bridgehead atoms. The lowest BCUT2D eigenvalue weighted by molar-refractivity contribution is 0.0953. The van der Waals surface area contributed by atoms with Gasteiger partial charge in [0.25, 0.3) is 0 Å². The van der Waals surface area contributed by atoms with Crippen molar-refractivity contribution >= 4 is 34.5 Å². The number of fused-ring (bicyclic) bond motifs is 1. The minimum atomic E-state index is 0.181. The summed E-state index contributed by atoms with van der Waals surface area (Å²) in [5, 5.41) is 10.4. The van der Waals surface area contributed by atoms with Crippen molar-refractivity contribution in [2.75, 3.05) is 6.61 Å². The van der Waals surface area contributed by atoms with Crippen LogP contribution in [0.15, 0.2) is 58.1 Å². The van der Waals surface area contributed by atoms with Crippen molar-refractivity contribution in [3.05, 3.63) is 59.4 Å². The number of hydrogen-bond acceptors (Lipinski definition) is 6. The van der Waals surface area contributed by atoms with Gasteiger partial charge in [0, 0.05) is 17.2 Å². The fourth-order valence-electron chi connectivity index (χ4n) is 3.47. The molecule has 0 amide bonds. The molecule has 148 valence electrons. The number of ether oxygens (including phenoxy) is 1. The predicted octanol–water partition coefficient (Wildman–Crippen LogP) is 5.21. The van der Waals surface area contributed by atoms with Crippen molar-refractivity contribution in [1.29, 1.82) is 0 Å². The fourth-order valence-corrected chi connectivity index (χ4v) is 4.39. The first kappa shape index (κ1) is 18.7. The molecule has 8 heteroatoms. The van der Waals surface area contributed by atoms with Gasteiger partial charge in [0.15, 0.2) is 16.6 Å². The van der Waals surface area contributed by atoms with Gasteiger partial charge >= 0.3 is 0 Å². The molecular formula is C21H19ClN4O2S. The van der Waals surface area contributed by atoms with E-state index in [1.807, 2.05) is 48.5 Å². The van der Waals surface area contributed by atoms with Gasteiger partial charge in [-0.25, -0.2) is 4.98 Å². The monoisotopic (exact) mass is 426 g/mol. The summed E-state index contributed by atoms with van der Waals surface area (Å²) in [6.45, 7) is 1.54. The van der Waals surface area contributed by atoms with Gasteiger partial charge in [-0.15, -0.1) is 10.2 Å². The lowest BCUT2D eigenvalue weighted by Gasteiger charge is -2.14. The van der Waals surface area contributed by atoms with Gasteiger partial charge in [-0.2, -0.15) is 0 Å².